The molecule has 0 bridgehead atoms. The second-order valence-electron chi connectivity index (χ2n) is 5.13. The Hall–Kier alpha value is -0.360. The molecule has 0 saturated carbocycles. The smallest absolute Gasteiger partial charge is 0.122 e. The van der Waals surface area contributed by atoms with Crippen molar-refractivity contribution in [3.63, 3.8) is 0 Å². The van der Waals surface area contributed by atoms with Crippen molar-refractivity contribution in [1.29, 1.82) is 0 Å². The van der Waals surface area contributed by atoms with Gasteiger partial charge >= 0.3 is 0 Å². The van der Waals surface area contributed by atoms with Gasteiger partial charge in [0.05, 0.1) is 20.2 Å². The Morgan fingerprint density at radius 3 is 2.90 bits per heavy atom. The summed E-state index contributed by atoms with van der Waals surface area (Å²) >= 11 is 9.00. The minimum absolute atomic E-state index is 0.216. The average Bonchev–Trinajstić information content (AvgIpc) is 3.05. The molecule has 0 spiro atoms. The molecule has 2 heterocycles. The summed E-state index contributed by atoms with van der Waals surface area (Å²) < 4.78 is 7.94. The van der Waals surface area contributed by atoms with Crippen LogP contribution in [0.5, 0.6) is 5.75 Å². The minimum atomic E-state index is 0.216. The summed E-state index contributed by atoms with van der Waals surface area (Å²) in [4.78, 5) is 0. The maximum atomic E-state index is 5.61. The van der Waals surface area contributed by atoms with E-state index in [9.17, 15) is 0 Å². The summed E-state index contributed by atoms with van der Waals surface area (Å²) in [6, 6.07) is 8.98. The van der Waals surface area contributed by atoms with E-state index in [0.29, 0.717) is 0 Å². The predicted octanol–water partition coefficient (Wildman–Crippen LogP) is 5.30. The van der Waals surface area contributed by atoms with Gasteiger partial charge in [-0.05, 0) is 73.6 Å². The van der Waals surface area contributed by atoms with Gasteiger partial charge in [-0.3, -0.25) is 0 Å². The van der Waals surface area contributed by atoms with Gasteiger partial charge < -0.3 is 10.1 Å². The number of rotatable bonds is 5. The van der Waals surface area contributed by atoms with Gasteiger partial charge in [-0.2, -0.15) is 0 Å². The zero-order valence-electron chi connectivity index (χ0n) is 11.8. The largest absolute Gasteiger partial charge is 0.493 e. The number of hydrogen-bond donors (Lipinski definition) is 1. The van der Waals surface area contributed by atoms with E-state index in [-0.39, 0.29) is 6.04 Å². The number of nitrogens with one attached hydrogen (secondary N) is 1. The Bertz CT molecular complexity index is 641. The van der Waals surface area contributed by atoms with Crippen molar-refractivity contribution in [2.24, 2.45) is 0 Å². The minimum Gasteiger partial charge on any atom is -0.493 e. The fourth-order valence-electron chi connectivity index (χ4n) is 2.63. The number of fused-ring (bicyclic) bond motifs is 1. The van der Waals surface area contributed by atoms with Crippen LogP contribution in [0.25, 0.3) is 0 Å². The fourth-order valence-corrected chi connectivity index (χ4v) is 5.53. The lowest BCUT2D eigenvalue weighted by molar-refractivity contribution is 0.357. The van der Waals surface area contributed by atoms with Crippen molar-refractivity contribution >= 4 is 43.2 Å². The lowest BCUT2D eigenvalue weighted by Gasteiger charge is -2.19. The van der Waals surface area contributed by atoms with Crippen LogP contribution >= 0.6 is 43.2 Å². The Morgan fingerprint density at radius 2 is 2.19 bits per heavy atom. The lowest BCUT2D eigenvalue weighted by Crippen LogP contribution is -2.23. The average molecular weight is 431 g/mol. The SMILES string of the molecule is CCCNC(c1ccc2c(c1)CCO2)c1cc(Br)sc1Br. The molecule has 0 radical (unpaired) electrons. The van der Waals surface area contributed by atoms with E-state index in [1.165, 1.54) is 20.5 Å². The lowest BCUT2D eigenvalue weighted by atomic mass is 9.98. The van der Waals surface area contributed by atoms with E-state index in [2.05, 4.69) is 68.4 Å². The molecule has 0 fully saturated rings. The van der Waals surface area contributed by atoms with Crippen molar-refractivity contribution in [2.45, 2.75) is 25.8 Å². The first-order valence-corrected chi connectivity index (χ1v) is 9.53. The number of ether oxygens (including phenoxy) is 1. The Labute approximate surface area is 146 Å². The second kappa shape index (κ2) is 6.82. The fraction of sp³-hybridized carbons (Fsp3) is 0.375. The van der Waals surface area contributed by atoms with Gasteiger partial charge in [0.1, 0.15) is 5.75 Å². The van der Waals surface area contributed by atoms with Crippen molar-refractivity contribution in [3.05, 3.63) is 48.5 Å². The number of benzene rings is 1. The van der Waals surface area contributed by atoms with Crippen LogP contribution in [0.4, 0.5) is 0 Å². The molecule has 1 aromatic heterocycles. The molecule has 5 heteroatoms. The molecule has 0 aliphatic carbocycles. The monoisotopic (exact) mass is 429 g/mol. The first-order chi connectivity index (χ1) is 10.2. The first kappa shape index (κ1) is 15.5. The van der Waals surface area contributed by atoms with E-state index in [1.54, 1.807) is 11.3 Å². The standard InChI is InChI=1S/C16H17Br2NOS/c1-2-6-19-15(12-9-14(17)21-16(12)18)11-3-4-13-10(8-11)5-7-20-13/h3-4,8-9,15,19H,2,5-7H2,1H3. The molecule has 0 saturated heterocycles. The summed E-state index contributed by atoms with van der Waals surface area (Å²) in [5, 5.41) is 3.66. The summed E-state index contributed by atoms with van der Waals surface area (Å²) in [7, 11) is 0. The van der Waals surface area contributed by atoms with Gasteiger partial charge in [0.15, 0.2) is 0 Å². The maximum absolute atomic E-state index is 5.61. The molecule has 1 unspecified atom stereocenters. The van der Waals surface area contributed by atoms with Gasteiger partial charge in [0, 0.05) is 6.42 Å². The summed E-state index contributed by atoms with van der Waals surface area (Å²) in [5.74, 6) is 1.04. The van der Waals surface area contributed by atoms with Crippen molar-refractivity contribution in [3.8, 4) is 5.75 Å². The summed E-state index contributed by atoms with van der Waals surface area (Å²) in [5.41, 5.74) is 3.92. The van der Waals surface area contributed by atoms with Crippen LogP contribution in [0.1, 0.15) is 36.1 Å². The third kappa shape index (κ3) is 3.36. The molecule has 1 aliphatic heterocycles. The van der Waals surface area contributed by atoms with Crippen LogP contribution in [-0.4, -0.2) is 13.2 Å². The van der Waals surface area contributed by atoms with E-state index >= 15 is 0 Å². The third-order valence-electron chi connectivity index (χ3n) is 3.64. The van der Waals surface area contributed by atoms with Crippen LogP contribution in [0.2, 0.25) is 0 Å². The number of hydrogen-bond acceptors (Lipinski definition) is 3. The number of thiophene rings is 1. The molecule has 1 atom stereocenters. The zero-order chi connectivity index (χ0) is 14.8. The van der Waals surface area contributed by atoms with Gasteiger partial charge in [-0.15, -0.1) is 11.3 Å². The van der Waals surface area contributed by atoms with Crippen LogP contribution in [0.3, 0.4) is 0 Å². The highest BCUT2D eigenvalue weighted by molar-refractivity contribution is 9.12. The molecule has 21 heavy (non-hydrogen) atoms. The Morgan fingerprint density at radius 1 is 1.33 bits per heavy atom. The highest BCUT2D eigenvalue weighted by atomic mass is 79.9. The predicted molar refractivity (Wildman–Crippen MR) is 95.5 cm³/mol. The van der Waals surface area contributed by atoms with Crippen molar-refractivity contribution in [2.75, 3.05) is 13.2 Å². The van der Waals surface area contributed by atoms with E-state index in [4.69, 9.17) is 4.74 Å². The molecule has 0 amide bonds. The first-order valence-electron chi connectivity index (χ1n) is 7.12. The van der Waals surface area contributed by atoms with Crippen LogP contribution in [0.15, 0.2) is 31.8 Å². The molecule has 3 rings (SSSR count). The molecule has 1 N–H and O–H groups in total. The summed E-state index contributed by atoms with van der Waals surface area (Å²) in [6.45, 7) is 4.00. The second-order valence-corrected chi connectivity index (χ2v) is 8.88. The van der Waals surface area contributed by atoms with Crippen molar-refractivity contribution < 1.29 is 4.74 Å². The number of halogens is 2. The van der Waals surface area contributed by atoms with Gasteiger partial charge in [0.2, 0.25) is 0 Å². The molecular weight excluding hydrogens is 414 g/mol. The molecule has 112 valence electrons. The highest BCUT2D eigenvalue weighted by Gasteiger charge is 2.21. The quantitative estimate of drug-likeness (QED) is 0.694. The van der Waals surface area contributed by atoms with E-state index < -0.39 is 0 Å². The summed E-state index contributed by atoms with van der Waals surface area (Å²) in [6.07, 6.45) is 2.13. The van der Waals surface area contributed by atoms with Crippen LogP contribution < -0.4 is 10.1 Å². The van der Waals surface area contributed by atoms with Crippen LogP contribution in [0, 0.1) is 0 Å². The van der Waals surface area contributed by atoms with E-state index in [0.717, 1.165) is 35.5 Å². The maximum Gasteiger partial charge on any atom is 0.122 e. The van der Waals surface area contributed by atoms with Crippen LogP contribution in [-0.2, 0) is 6.42 Å². The topological polar surface area (TPSA) is 21.3 Å². The molecular formula is C16H17Br2NOS. The molecule has 1 aliphatic rings. The highest BCUT2D eigenvalue weighted by Crippen LogP contribution is 2.39. The third-order valence-corrected chi connectivity index (χ3v) is 6.03. The van der Waals surface area contributed by atoms with Crippen molar-refractivity contribution in [1.82, 2.24) is 5.32 Å². The normalized spacial score (nSPS) is 14.8. The molecule has 1 aromatic carbocycles. The molecule has 2 aromatic rings. The van der Waals surface area contributed by atoms with Gasteiger partial charge in [-0.1, -0.05) is 19.1 Å². The van der Waals surface area contributed by atoms with Gasteiger partial charge in [-0.25, -0.2) is 0 Å². The van der Waals surface area contributed by atoms with E-state index in [1.807, 2.05) is 0 Å². The Kier molecular flexibility index (Phi) is 5.04. The van der Waals surface area contributed by atoms with Gasteiger partial charge in [0.25, 0.3) is 0 Å². The molecule has 2 nitrogen and oxygen atoms in total. The Balaban J connectivity index is 1.97. The zero-order valence-corrected chi connectivity index (χ0v) is 15.8.